The smallest absolute Gasteiger partial charge is 0.259 e. The van der Waals surface area contributed by atoms with Crippen LogP contribution in [0.4, 0.5) is 0 Å². The second-order valence-corrected chi connectivity index (χ2v) is 7.52. The highest BCUT2D eigenvalue weighted by Gasteiger charge is 2.38. The fourth-order valence-corrected chi connectivity index (χ4v) is 4.36. The van der Waals surface area contributed by atoms with Gasteiger partial charge in [0.25, 0.3) is 5.91 Å². The van der Waals surface area contributed by atoms with Crippen LogP contribution in [0.5, 0.6) is 5.88 Å². The summed E-state index contributed by atoms with van der Waals surface area (Å²) in [7, 11) is 0. The predicted octanol–water partition coefficient (Wildman–Crippen LogP) is 3.22. The van der Waals surface area contributed by atoms with Gasteiger partial charge in [-0.25, -0.2) is 4.98 Å². The van der Waals surface area contributed by atoms with Crippen LogP contribution in [-0.4, -0.2) is 53.0 Å². The number of carbonyl (C=O) groups is 1. The standard InChI is InChI=1S/C22H27N3O2/c1-2-27-21-20(9-6-12-23-21)22(26)25-15-18-10-11-19(25)16-24(14-18)13-17-7-4-3-5-8-17/h3-9,12,18-19H,2,10-11,13-16H2,1H3/t18-,19+/m0/s1. The van der Waals surface area contributed by atoms with Crippen LogP contribution in [0, 0.1) is 5.92 Å². The molecule has 0 N–H and O–H groups in total. The number of piperidine rings is 1. The van der Waals surface area contributed by atoms with Crippen LogP contribution in [0.2, 0.25) is 0 Å². The van der Waals surface area contributed by atoms with Gasteiger partial charge in [-0.15, -0.1) is 0 Å². The van der Waals surface area contributed by atoms with E-state index in [2.05, 4.69) is 45.1 Å². The minimum absolute atomic E-state index is 0.0582. The number of ether oxygens (including phenoxy) is 1. The highest BCUT2D eigenvalue weighted by Crippen LogP contribution is 2.31. The Morgan fingerprint density at radius 3 is 2.78 bits per heavy atom. The summed E-state index contributed by atoms with van der Waals surface area (Å²) in [6.07, 6.45) is 3.95. The highest BCUT2D eigenvalue weighted by atomic mass is 16.5. The van der Waals surface area contributed by atoms with Crippen molar-refractivity contribution in [2.75, 3.05) is 26.2 Å². The van der Waals surface area contributed by atoms with Gasteiger partial charge < -0.3 is 9.64 Å². The van der Waals surface area contributed by atoms with Gasteiger partial charge in [0.05, 0.1) is 6.61 Å². The Hall–Kier alpha value is -2.40. The maximum atomic E-state index is 13.3. The highest BCUT2D eigenvalue weighted by molar-refractivity contribution is 5.96. The topological polar surface area (TPSA) is 45.7 Å². The molecule has 5 nitrogen and oxygen atoms in total. The molecule has 0 aliphatic carbocycles. The number of rotatable bonds is 5. The maximum Gasteiger partial charge on any atom is 0.259 e. The number of carbonyl (C=O) groups excluding carboxylic acids is 1. The number of nitrogens with zero attached hydrogens (tertiary/aromatic N) is 3. The molecule has 2 aromatic rings. The lowest BCUT2D eigenvalue weighted by molar-refractivity contribution is 0.0580. The quantitative estimate of drug-likeness (QED) is 0.816. The largest absolute Gasteiger partial charge is 0.477 e. The van der Waals surface area contributed by atoms with Crippen LogP contribution < -0.4 is 4.74 Å². The Bertz CT molecular complexity index is 780. The molecule has 0 radical (unpaired) electrons. The zero-order chi connectivity index (χ0) is 18.6. The van der Waals surface area contributed by atoms with Crippen molar-refractivity contribution in [1.29, 1.82) is 0 Å². The summed E-state index contributed by atoms with van der Waals surface area (Å²) in [5.41, 5.74) is 1.92. The molecule has 27 heavy (non-hydrogen) atoms. The van der Waals surface area contributed by atoms with Gasteiger partial charge >= 0.3 is 0 Å². The van der Waals surface area contributed by atoms with E-state index in [1.165, 1.54) is 12.0 Å². The number of hydrogen-bond donors (Lipinski definition) is 0. The van der Waals surface area contributed by atoms with Gasteiger partial charge in [-0.1, -0.05) is 30.3 Å². The summed E-state index contributed by atoms with van der Waals surface area (Å²) in [4.78, 5) is 22.1. The van der Waals surface area contributed by atoms with Crippen molar-refractivity contribution in [3.05, 3.63) is 59.8 Å². The Kier molecular flexibility index (Phi) is 5.39. The molecule has 1 aromatic heterocycles. The molecule has 4 heterocycles. The summed E-state index contributed by atoms with van der Waals surface area (Å²) in [6.45, 7) is 6.19. The first-order valence-electron chi connectivity index (χ1n) is 9.89. The first-order chi connectivity index (χ1) is 13.2. The van der Waals surface area contributed by atoms with E-state index in [0.29, 0.717) is 24.0 Å². The molecule has 0 saturated carbocycles. The zero-order valence-corrected chi connectivity index (χ0v) is 15.9. The average molecular weight is 365 g/mol. The fraction of sp³-hybridized carbons (Fsp3) is 0.455. The van der Waals surface area contributed by atoms with Crippen LogP contribution in [0.25, 0.3) is 0 Å². The lowest BCUT2D eigenvalue weighted by Crippen LogP contribution is -2.47. The summed E-state index contributed by atoms with van der Waals surface area (Å²) in [6, 6.07) is 14.5. The first kappa shape index (κ1) is 18.0. The number of aromatic nitrogens is 1. The monoisotopic (exact) mass is 365 g/mol. The number of fused-ring (bicyclic) bond motifs is 4. The molecule has 3 fully saturated rings. The van der Waals surface area contributed by atoms with Gasteiger partial charge in [-0.3, -0.25) is 9.69 Å². The molecular weight excluding hydrogens is 338 g/mol. The molecule has 5 rings (SSSR count). The molecule has 0 unspecified atom stereocenters. The van der Waals surface area contributed by atoms with Crippen molar-refractivity contribution in [3.8, 4) is 5.88 Å². The number of hydrogen-bond acceptors (Lipinski definition) is 4. The minimum Gasteiger partial charge on any atom is -0.477 e. The zero-order valence-electron chi connectivity index (χ0n) is 15.9. The summed E-state index contributed by atoms with van der Waals surface area (Å²) < 4.78 is 5.59. The van der Waals surface area contributed by atoms with Crippen molar-refractivity contribution in [3.63, 3.8) is 0 Å². The van der Waals surface area contributed by atoms with Gasteiger partial charge in [-0.05, 0) is 43.4 Å². The SMILES string of the molecule is CCOc1ncccc1C(=O)N1C[C@H]2CC[C@@H]1CN(Cc1ccccc1)C2. The summed E-state index contributed by atoms with van der Waals surface area (Å²) >= 11 is 0. The maximum absolute atomic E-state index is 13.3. The van der Waals surface area contributed by atoms with E-state index in [-0.39, 0.29) is 11.9 Å². The van der Waals surface area contributed by atoms with Crippen molar-refractivity contribution in [1.82, 2.24) is 14.8 Å². The summed E-state index contributed by atoms with van der Waals surface area (Å²) in [5, 5.41) is 0. The molecule has 1 aromatic carbocycles. The van der Waals surface area contributed by atoms with Crippen LogP contribution >= 0.6 is 0 Å². The van der Waals surface area contributed by atoms with Crippen molar-refractivity contribution < 1.29 is 9.53 Å². The minimum atomic E-state index is 0.0582. The molecule has 2 bridgehead atoms. The van der Waals surface area contributed by atoms with Gasteiger partial charge in [0.15, 0.2) is 0 Å². The normalized spacial score (nSPS) is 22.5. The molecule has 3 aliphatic heterocycles. The number of pyridine rings is 1. The summed E-state index contributed by atoms with van der Waals surface area (Å²) in [5.74, 6) is 1.04. The lowest BCUT2D eigenvalue weighted by atomic mass is 9.94. The second kappa shape index (κ2) is 8.09. The fourth-order valence-electron chi connectivity index (χ4n) is 4.36. The van der Waals surface area contributed by atoms with E-state index >= 15 is 0 Å². The van der Waals surface area contributed by atoms with E-state index in [1.807, 2.05) is 19.1 Å². The Morgan fingerprint density at radius 1 is 1.11 bits per heavy atom. The van der Waals surface area contributed by atoms with Gasteiger partial charge in [0.2, 0.25) is 5.88 Å². The Morgan fingerprint density at radius 2 is 1.96 bits per heavy atom. The van der Waals surface area contributed by atoms with Gasteiger partial charge in [-0.2, -0.15) is 0 Å². The number of amides is 1. The van der Waals surface area contributed by atoms with E-state index in [0.717, 1.165) is 32.6 Å². The molecular formula is C22H27N3O2. The van der Waals surface area contributed by atoms with Crippen LogP contribution in [0.1, 0.15) is 35.7 Å². The van der Waals surface area contributed by atoms with E-state index < -0.39 is 0 Å². The van der Waals surface area contributed by atoms with Crippen LogP contribution in [-0.2, 0) is 6.54 Å². The van der Waals surface area contributed by atoms with Crippen LogP contribution in [0.3, 0.4) is 0 Å². The molecule has 3 saturated heterocycles. The third-order valence-corrected chi connectivity index (χ3v) is 5.58. The van der Waals surface area contributed by atoms with E-state index in [9.17, 15) is 4.79 Å². The Labute approximate surface area is 161 Å². The van der Waals surface area contributed by atoms with Crippen molar-refractivity contribution in [2.45, 2.75) is 32.4 Å². The van der Waals surface area contributed by atoms with Crippen LogP contribution in [0.15, 0.2) is 48.7 Å². The molecule has 5 heteroatoms. The van der Waals surface area contributed by atoms with Crippen molar-refractivity contribution in [2.24, 2.45) is 5.92 Å². The second-order valence-electron chi connectivity index (χ2n) is 7.52. The third-order valence-electron chi connectivity index (χ3n) is 5.58. The number of benzene rings is 1. The third kappa shape index (κ3) is 3.98. The van der Waals surface area contributed by atoms with Gasteiger partial charge in [0.1, 0.15) is 5.56 Å². The molecule has 0 spiro atoms. The molecule has 1 amide bonds. The lowest BCUT2D eigenvalue weighted by Gasteiger charge is -2.36. The average Bonchev–Trinajstić information content (AvgIpc) is 2.99. The predicted molar refractivity (Wildman–Crippen MR) is 105 cm³/mol. The van der Waals surface area contributed by atoms with Gasteiger partial charge in [0, 0.05) is 38.4 Å². The van der Waals surface area contributed by atoms with E-state index in [1.54, 1.807) is 6.20 Å². The first-order valence-corrected chi connectivity index (χ1v) is 9.89. The molecule has 2 atom stereocenters. The Balaban J connectivity index is 1.51. The molecule has 3 aliphatic rings. The van der Waals surface area contributed by atoms with E-state index in [4.69, 9.17) is 4.74 Å². The molecule has 142 valence electrons. The van der Waals surface area contributed by atoms with Crippen molar-refractivity contribution >= 4 is 5.91 Å².